The maximum atomic E-state index is 11.9. The van der Waals surface area contributed by atoms with Gasteiger partial charge < -0.3 is 11.1 Å². The van der Waals surface area contributed by atoms with Gasteiger partial charge in [0.05, 0.1) is 5.56 Å². The van der Waals surface area contributed by atoms with Gasteiger partial charge in [-0.25, -0.2) is 4.79 Å². The van der Waals surface area contributed by atoms with Gasteiger partial charge in [0, 0.05) is 18.8 Å². The number of nitrogen functional groups attached to an aromatic ring is 1. The zero-order valence-electron chi connectivity index (χ0n) is 8.06. The van der Waals surface area contributed by atoms with Crippen molar-refractivity contribution in [1.82, 2.24) is 10.2 Å². The van der Waals surface area contributed by atoms with Crippen LogP contribution in [0.2, 0.25) is 0 Å². The third-order valence-corrected chi connectivity index (χ3v) is 2.29. The monoisotopic (exact) mass is 205 g/mol. The molecule has 0 unspecified atom stereocenters. The van der Waals surface area contributed by atoms with E-state index in [1.807, 2.05) is 0 Å². The first-order valence-electron chi connectivity index (χ1n) is 4.64. The summed E-state index contributed by atoms with van der Waals surface area (Å²) in [5, 5.41) is 2.57. The van der Waals surface area contributed by atoms with E-state index >= 15 is 0 Å². The normalized spacial score (nSPS) is 15.2. The number of para-hydroxylation sites is 1. The number of hydrogen-bond acceptors (Lipinski definition) is 3. The molecule has 1 fully saturated rings. The quantitative estimate of drug-likeness (QED) is 0.653. The topological polar surface area (TPSA) is 75.4 Å². The van der Waals surface area contributed by atoms with E-state index in [9.17, 15) is 9.59 Å². The molecule has 1 aliphatic rings. The second-order valence-electron chi connectivity index (χ2n) is 3.28. The van der Waals surface area contributed by atoms with Crippen LogP contribution in [0, 0.1) is 0 Å². The zero-order chi connectivity index (χ0) is 10.8. The maximum absolute atomic E-state index is 11.9. The number of urea groups is 1. The number of nitrogens with zero attached hydrogens (tertiary/aromatic N) is 1. The summed E-state index contributed by atoms with van der Waals surface area (Å²) in [5.41, 5.74) is 6.42. The maximum Gasteiger partial charge on any atom is 0.324 e. The molecule has 1 aliphatic heterocycles. The number of amides is 3. The first-order chi connectivity index (χ1) is 7.20. The van der Waals surface area contributed by atoms with Crippen molar-refractivity contribution in [3.8, 4) is 0 Å². The van der Waals surface area contributed by atoms with E-state index in [-0.39, 0.29) is 11.9 Å². The zero-order valence-corrected chi connectivity index (χ0v) is 8.06. The van der Waals surface area contributed by atoms with Crippen LogP contribution < -0.4 is 11.1 Å². The lowest BCUT2D eigenvalue weighted by Crippen LogP contribution is -2.34. The van der Waals surface area contributed by atoms with E-state index in [1.165, 1.54) is 0 Å². The number of nitrogens with two attached hydrogens (primary N) is 1. The van der Waals surface area contributed by atoms with E-state index < -0.39 is 0 Å². The molecule has 1 heterocycles. The van der Waals surface area contributed by atoms with Crippen LogP contribution in [0.4, 0.5) is 10.5 Å². The van der Waals surface area contributed by atoms with Gasteiger partial charge >= 0.3 is 6.03 Å². The Morgan fingerprint density at radius 2 is 2.13 bits per heavy atom. The fourth-order valence-corrected chi connectivity index (χ4v) is 1.50. The van der Waals surface area contributed by atoms with Gasteiger partial charge in [0.25, 0.3) is 5.91 Å². The molecule has 2 rings (SSSR count). The van der Waals surface area contributed by atoms with Crippen molar-refractivity contribution >= 4 is 17.6 Å². The highest BCUT2D eigenvalue weighted by Gasteiger charge is 2.27. The fraction of sp³-hybridized carbons (Fsp3) is 0.200. The summed E-state index contributed by atoms with van der Waals surface area (Å²) >= 11 is 0. The third-order valence-electron chi connectivity index (χ3n) is 2.29. The number of rotatable bonds is 1. The summed E-state index contributed by atoms with van der Waals surface area (Å²) in [6.07, 6.45) is 0. The van der Waals surface area contributed by atoms with Crippen LogP contribution in [0.5, 0.6) is 0 Å². The molecule has 0 aromatic heterocycles. The van der Waals surface area contributed by atoms with Gasteiger partial charge in [0.15, 0.2) is 0 Å². The van der Waals surface area contributed by atoms with Crippen LogP contribution in [0.3, 0.4) is 0 Å². The second-order valence-corrected chi connectivity index (χ2v) is 3.28. The van der Waals surface area contributed by atoms with E-state index in [0.717, 1.165) is 4.90 Å². The number of benzene rings is 1. The van der Waals surface area contributed by atoms with Crippen molar-refractivity contribution in [2.45, 2.75) is 0 Å². The molecule has 5 nitrogen and oxygen atoms in total. The molecule has 5 heteroatoms. The average molecular weight is 205 g/mol. The summed E-state index contributed by atoms with van der Waals surface area (Å²) < 4.78 is 0. The smallest absolute Gasteiger partial charge is 0.324 e. The number of carbonyl (C=O) groups is 2. The van der Waals surface area contributed by atoms with Gasteiger partial charge in [-0.05, 0) is 12.1 Å². The summed E-state index contributed by atoms with van der Waals surface area (Å²) in [6.45, 7) is 0.892. The summed E-state index contributed by atoms with van der Waals surface area (Å²) in [5.74, 6) is -0.344. The molecule has 1 aromatic rings. The highest BCUT2D eigenvalue weighted by Crippen LogP contribution is 2.14. The molecule has 0 spiro atoms. The molecule has 0 aliphatic carbocycles. The molecule has 1 aromatic carbocycles. The minimum Gasteiger partial charge on any atom is -0.398 e. The third kappa shape index (κ3) is 1.63. The average Bonchev–Trinajstić information content (AvgIpc) is 2.64. The van der Waals surface area contributed by atoms with Crippen molar-refractivity contribution in [2.24, 2.45) is 0 Å². The van der Waals surface area contributed by atoms with E-state index in [4.69, 9.17) is 5.73 Å². The number of hydrogen-bond donors (Lipinski definition) is 2. The summed E-state index contributed by atoms with van der Waals surface area (Å²) in [7, 11) is 0. The Labute approximate surface area is 86.9 Å². The summed E-state index contributed by atoms with van der Waals surface area (Å²) in [4.78, 5) is 24.3. The van der Waals surface area contributed by atoms with Gasteiger partial charge in [0.1, 0.15) is 0 Å². The molecule has 3 N–H and O–H groups in total. The first kappa shape index (κ1) is 9.51. The molecule has 0 saturated carbocycles. The molecular formula is C10H11N3O2. The predicted molar refractivity (Wildman–Crippen MR) is 55.3 cm³/mol. The number of anilines is 1. The van der Waals surface area contributed by atoms with Gasteiger partial charge in [0.2, 0.25) is 0 Å². The lowest BCUT2D eigenvalue weighted by atomic mass is 10.1. The second kappa shape index (κ2) is 3.61. The largest absolute Gasteiger partial charge is 0.398 e. The molecule has 0 radical (unpaired) electrons. The molecule has 1 saturated heterocycles. The minimum absolute atomic E-state index is 0.344. The van der Waals surface area contributed by atoms with E-state index in [1.54, 1.807) is 24.3 Å². The van der Waals surface area contributed by atoms with Gasteiger partial charge in [-0.1, -0.05) is 12.1 Å². The Balaban J connectivity index is 2.28. The molecule has 3 amide bonds. The molecular weight excluding hydrogens is 194 g/mol. The number of imide groups is 1. The molecule has 15 heavy (non-hydrogen) atoms. The first-order valence-corrected chi connectivity index (χ1v) is 4.64. The van der Waals surface area contributed by atoms with Gasteiger partial charge in [-0.2, -0.15) is 0 Å². The van der Waals surface area contributed by atoms with Crippen molar-refractivity contribution in [1.29, 1.82) is 0 Å². The van der Waals surface area contributed by atoms with E-state index in [2.05, 4.69) is 5.32 Å². The van der Waals surface area contributed by atoms with Crippen LogP contribution in [0.25, 0.3) is 0 Å². The highest BCUT2D eigenvalue weighted by molar-refractivity contribution is 6.07. The molecule has 0 atom stereocenters. The van der Waals surface area contributed by atoms with Crippen molar-refractivity contribution in [3.05, 3.63) is 29.8 Å². The molecule has 78 valence electrons. The Hall–Kier alpha value is -2.04. The van der Waals surface area contributed by atoms with Gasteiger partial charge in [-0.15, -0.1) is 0 Å². The van der Waals surface area contributed by atoms with Crippen molar-refractivity contribution < 1.29 is 9.59 Å². The van der Waals surface area contributed by atoms with Crippen LogP contribution in [-0.2, 0) is 0 Å². The molecule has 0 bridgehead atoms. The van der Waals surface area contributed by atoms with E-state index in [0.29, 0.717) is 24.3 Å². The lowest BCUT2D eigenvalue weighted by Gasteiger charge is -2.13. The van der Waals surface area contributed by atoms with Gasteiger partial charge in [-0.3, -0.25) is 9.69 Å². The van der Waals surface area contributed by atoms with Crippen LogP contribution in [0.1, 0.15) is 10.4 Å². The predicted octanol–water partition coefficient (Wildman–Crippen LogP) is 0.434. The van der Waals surface area contributed by atoms with Crippen LogP contribution >= 0.6 is 0 Å². The number of nitrogens with one attached hydrogen (secondary N) is 1. The number of carbonyl (C=O) groups excluding carboxylic acids is 2. The van der Waals surface area contributed by atoms with Crippen LogP contribution in [-0.4, -0.2) is 29.9 Å². The Morgan fingerprint density at radius 1 is 1.40 bits per heavy atom. The highest BCUT2D eigenvalue weighted by atomic mass is 16.2. The Bertz CT molecular complexity index is 417. The lowest BCUT2D eigenvalue weighted by molar-refractivity contribution is 0.0830. The van der Waals surface area contributed by atoms with Crippen molar-refractivity contribution in [2.75, 3.05) is 18.8 Å². The standard InChI is InChI=1S/C10H11N3O2/c11-8-4-2-1-3-7(8)9(14)13-6-5-12-10(13)15/h1-4H,5-6,11H2,(H,12,15). The Morgan fingerprint density at radius 3 is 2.73 bits per heavy atom. The summed E-state index contributed by atoms with van der Waals surface area (Å²) in [6, 6.07) is 6.36. The minimum atomic E-state index is -0.358. The SMILES string of the molecule is Nc1ccccc1C(=O)N1CCNC1=O. The Kier molecular flexibility index (Phi) is 2.29. The van der Waals surface area contributed by atoms with Crippen molar-refractivity contribution in [3.63, 3.8) is 0 Å². The fourth-order valence-electron chi connectivity index (χ4n) is 1.50. The van der Waals surface area contributed by atoms with Crippen LogP contribution in [0.15, 0.2) is 24.3 Å².